The maximum Gasteiger partial charge on any atom is 0.257 e. The van der Waals surface area contributed by atoms with Gasteiger partial charge in [-0.05, 0) is 28.1 Å². The molecule has 0 radical (unpaired) electrons. The van der Waals surface area contributed by atoms with Gasteiger partial charge in [-0.1, -0.05) is 25.4 Å². The zero-order chi connectivity index (χ0) is 13.9. The first kappa shape index (κ1) is 15.2. The summed E-state index contributed by atoms with van der Waals surface area (Å²) in [5.74, 6) is 0.155. The predicted octanol–water partition coefficient (Wildman–Crippen LogP) is 4.33. The lowest BCUT2D eigenvalue weighted by Gasteiger charge is -2.03. The van der Waals surface area contributed by atoms with E-state index in [1.807, 2.05) is 13.8 Å². The number of nitrogens with zero attached hydrogens (tertiary/aromatic N) is 2. The van der Waals surface area contributed by atoms with Crippen molar-refractivity contribution >= 4 is 44.3 Å². The van der Waals surface area contributed by atoms with E-state index in [1.54, 1.807) is 12.1 Å². The van der Waals surface area contributed by atoms with Crippen LogP contribution in [0.25, 0.3) is 10.9 Å². The van der Waals surface area contributed by atoms with Gasteiger partial charge in [0.25, 0.3) is 6.43 Å². The Bertz CT molecular complexity index is 543. The summed E-state index contributed by atoms with van der Waals surface area (Å²) < 4.78 is 26.5. The molecule has 0 unspecified atom stereocenters. The van der Waals surface area contributed by atoms with E-state index < -0.39 is 13.0 Å². The van der Waals surface area contributed by atoms with E-state index in [0.717, 1.165) is 4.68 Å². The molecule has 0 saturated heterocycles. The third kappa shape index (κ3) is 2.92. The lowest BCUT2D eigenvalue weighted by atomic mass is 10.2. The van der Waals surface area contributed by atoms with Gasteiger partial charge in [-0.2, -0.15) is 5.10 Å². The Morgan fingerprint density at radius 3 is 2.61 bits per heavy atom. The highest BCUT2D eigenvalue weighted by Gasteiger charge is 2.16. The van der Waals surface area contributed by atoms with Gasteiger partial charge in [0.05, 0.1) is 15.9 Å². The van der Waals surface area contributed by atoms with Gasteiger partial charge in [0.15, 0.2) is 5.82 Å². The van der Waals surface area contributed by atoms with Gasteiger partial charge in [-0.15, -0.1) is 0 Å². The standard InChI is InChI=1S/C9H7BrClF2N3.C2H6/c10-4-1-2-5(11)7-8(4)16(3-6(12)13)15-9(7)14;1-2/h1-2,6H,3H2,(H2,14,15);1-2H3. The second-order valence-electron chi connectivity index (χ2n) is 3.21. The van der Waals surface area contributed by atoms with E-state index in [0.29, 0.717) is 20.4 Å². The molecule has 3 nitrogen and oxygen atoms in total. The molecular weight excluding hydrogens is 327 g/mol. The van der Waals surface area contributed by atoms with Crippen LogP contribution in [0.3, 0.4) is 0 Å². The highest BCUT2D eigenvalue weighted by Crippen LogP contribution is 2.33. The second-order valence-corrected chi connectivity index (χ2v) is 4.47. The highest BCUT2D eigenvalue weighted by atomic mass is 79.9. The van der Waals surface area contributed by atoms with Crippen LogP contribution in [0.4, 0.5) is 14.6 Å². The SMILES string of the molecule is CC.Nc1nn(CC(F)F)c2c(Br)ccc(Cl)c12. The molecule has 0 spiro atoms. The number of nitrogen functional groups attached to an aromatic ring is 1. The fourth-order valence-corrected chi connectivity index (χ4v) is 2.31. The Hall–Kier alpha value is -0.880. The van der Waals surface area contributed by atoms with Crippen molar-refractivity contribution in [3.8, 4) is 0 Å². The summed E-state index contributed by atoms with van der Waals surface area (Å²) in [6.07, 6.45) is -2.49. The molecule has 2 N–H and O–H groups in total. The molecule has 0 aliphatic heterocycles. The molecule has 7 heteroatoms. The first-order valence-electron chi connectivity index (χ1n) is 5.39. The molecule has 2 rings (SSSR count). The summed E-state index contributed by atoms with van der Waals surface area (Å²) in [6, 6.07) is 3.31. The molecule has 1 aromatic heterocycles. The number of hydrogen-bond acceptors (Lipinski definition) is 2. The largest absolute Gasteiger partial charge is 0.382 e. The van der Waals surface area contributed by atoms with Crippen molar-refractivity contribution < 1.29 is 8.78 Å². The number of halogens is 4. The number of hydrogen-bond donors (Lipinski definition) is 1. The molecule has 0 aliphatic rings. The Labute approximate surface area is 117 Å². The van der Waals surface area contributed by atoms with Crippen LogP contribution in [0.2, 0.25) is 5.02 Å². The van der Waals surface area contributed by atoms with E-state index >= 15 is 0 Å². The Balaban J connectivity index is 0.000000771. The number of fused-ring (bicyclic) bond motifs is 1. The van der Waals surface area contributed by atoms with Crippen LogP contribution < -0.4 is 5.73 Å². The summed E-state index contributed by atoms with van der Waals surface area (Å²) in [5.41, 5.74) is 6.13. The molecule has 1 heterocycles. The van der Waals surface area contributed by atoms with Crippen molar-refractivity contribution in [1.29, 1.82) is 0 Å². The van der Waals surface area contributed by atoms with Crippen molar-refractivity contribution in [2.75, 3.05) is 5.73 Å². The second kappa shape index (κ2) is 6.33. The van der Waals surface area contributed by atoms with Crippen molar-refractivity contribution in [2.24, 2.45) is 0 Å². The monoisotopic (exact) mass is 339 g/mol. The molecule has 1 aromatic carbocycles. The van der Waals surface area contributed by atoms with E-state index in [9.17, 15) is 8.78 Å². The van der Waals surface area contributed by atoms with Crippen LogP contribution in [0, 0.1) is 0 Å². The first-order valence-corrected chi connectivity index (χ1v) is 6.56. The third-order valence-electron chi connectivity index (χ3n) is 2.13. The average Bonchev–Trinajstić information content (AvgIpc) is 2.64. The highest BCUT2D eigenvalue weighted by molar-refractivity contribution is 9.10. The van der Waals surface area contributed by atoms with Gasteiger partial charge < -0.3 is 5.73 Å². The first-order chi connectivity index (χ1) is 8.50. The minimum absolute atomic E-state index is 0.155. The summed E-state index contributed by atoms with van der Waals surface area (Å²) in [7, 11) is 0. The van der Waals surface area contributed by atoms with E-state index in [-0.39, 0.29) is 5.82 Å². The molecule has 2 aromatic rings. The number of benzene rings is 1. The van der Waals surface area contributed by atoms with Gasteiger partial charge in [0.1, 0.15) is 6.54 Å². The predicted molar refractivity (Wildman–Crippen MR) is 74.2 cm³/mol. The van der Waals surface area contributed by atoms with E-state index in [4.69, 9.17) is 17.3 Å². The number of anilines is 1. The molecule has 0 fully saturated rings. The van der Waals surface area contributed by atoms with Crippen LogP contribution in [0.1, 0.15) is 13.8 Å². The van der Waals surface area contributed by atoms with E-state index in [1.165, 1.54) is 0 Å². The van der Waals surface area contributed by atoms with Crippen LogP contribution in [-0.2, 0) is 6.54 Å². The Morgan fingerprint density at radius 1 is 1.44 bits per heavy atom. The normalized spacial score (nSPS) is 10.6. The summed E-state index contributed by atoms with van der Waals surface area (Å²) in [4.78, 5) is 0. The maximum atomic E-state index is 12.3. The quantitative estimate of drug-likeness (QED) is 0.884. The number of aromatic nitrogens is 2. The summed E-state index contributed by atoms with van der Waals surface area (Å²) >= 11 is 9.21. The molecule has 100 valence electrons. The maximum absolute atomic E-state index is 12.3. The van der Waals surface area contributed by atoms with Gasteiger partial charge in [-0.25, -0.2) is 8.78 Å². The molecule has 18 heavy (non-hydrogen) atoms. The van der Waals surface area contributed by atoms with Gasteiger partial charge >= 0.3 is 0 Å². The zero-order valence-corrected chi connectivity index (χ0v) is 12.3. The van der Waals surface area contributed by atoms with Crippen LogP contribution in [0.5, 0.6) is 0 Å². The van der Waals surface area contributed by atoms with Crippen LogP contribution >= 0.6 is 27.5 Å². The fraction of sp³-hybridized carbons (Fsp3) is 0.364. The molecular formula is C11H13BrClF2N3. The van der Waals surface area contributed by atoms with Crippen LogP contribution in [0.15, 0.2) is 16.6 Å². The molecule has 0 saturated carbocycles. The smallest absolute Gasteiger partial charge is 0.257 e. The average molecular weight is 341 g/mol. The molecule has 0 aliphatic carbocycles. The molecule has 0 atom stereocenters. The minimum atomic E-state index is -2.49. The third-order valence-corrected chi connectivity index (χ3v) is 3.09. The molecule has 0 bridgehead atoms. The lowest BCUT2D eigenvalue weighted by molar-refractivity contribution is 0.123. The zero-order valence-electron chi connectivity index (χ0n) is 9.92. The number of nitrogens with two attached hydrogens (primary N) is 1. The van der Waals surface area contributed by atoms with Gasteiger partial charge in [0, 0.05) is 4.47 Å². The summed E-state index contributed by atoms with van der Waals surface area (Å²) in [6.45, 7) is 3.49. The lowest BCUT2D eigenvalue weighted by Crippen LogP contribution is -2.08. The Morgan fingerprint density at radius 2 is 2.06 bits per heavy atom. The Kier molecular flexibility index (Phi) is 5.34. The van der Waals surface area contributed by atoms with Crippen LogP contribution in [-0.4, -0.2) is 16.2 Å². The van der Waals surface area contributed by atoms with Crippen molar-refractivity contribution in [3.63, 3.8) is 0 Å². The van der Waals surface area contributed by atoms with Crippen molar-refractivity contribution in [3.05, 3.63) is 21.6 Å². The van der Waals surface area contributed by atoms with Crippen molar-refractivity contribution in [2.45, 2.75) is 26.8 Å². The topological polar surface area (TPSA) is 43.8 Å². The summed E-state index contributed by atoms with van der Waals surface area (Å²) in [5, 5.41) is 4.75. The molecule has 0 amide bonds. The van der Waals surface area contributed by atoms with Crippen molar-refractivity contribution in [1.82, 2.24) is 9.78 Å². The number of alkyl halides is 2. The van der Waals surface area contributed by atoms with Gasteiger partial charge in [-0.3, -0.25) is 4.68 Å². The minimum Gasteiger partial charge on any atom is -0.382 e. The number of rotatable bonds is 2. The fourth-order valence-electron chi connectivity index (χ4n) is 1.53. The van der Waals surface area contributed by atoms with E-state index in [2.05, 4.69) is 21.0 Å². The van der Waals surface area contributed by atoms with Gasteiger partial charge in [0.2, 0.25) is 0 Å².